The van der Waals surface area contributed by atoms with Gasteiger partial charge in [-0.25, -0.2) is 0 Å². The molecule has 2 unspecified atom stereocenters. The quantitative estimate of drug-likeness (QED) is 0.844. The molecule has 3 heteroatoms. The Balaban J connectivity index is 2.48. The van der Waals surface area contributed by atoms with Gasteiger partial charge >= 0.3 is 0 Å². The van der Waals surface area contributed by atoms with E-state index in [0.717, 1.165) is 5.56 Å². The number of carbonyl (C=O) groups is 1. The fourth-order valence-electron chi connectivity index (χ4n) is 3.13. The first-order chi connectivity index (χ1) is 8.70. The predicted octanol–water partition coefficient (Wildman–Crippen LogP) is 2.70. The van der Waals surface area contributed by atoms with Gasteiger partial charge in [-0.2, -0.15) is 0 Å². The van der Waals surface area contributed by atoms with Crippen molar-refractivity contribution < 1.29 is 4.79 Å². The van der Waals surface area contributed by atoms with Gasteiger partial charge < -0.3 is 10.6 Å². The number of hydrogen-bond acceptors (Lipinski definition) is 2. The molecule has 2 atom stereocenters. The number of hydrogen-bond donors (Lipinski definition) is 1. The van der Waals surface area contributed by atoms with Crippen molar-refractivity contribution in [3.63, 3.8) is 0 Å². The third-order valence-corrected chi connectivity index (χ3v) is 3.67. The van der Waals surface area contributed by atoms with E-state index in [-0.39, 0.29) is 23.5 Å². The third kappa shape index (κ3) is 2.66. The minimum Gasteiger partial charge on any atom is -0.329 e. The van der Waals surface area contributed by atoms with Crippen molar-refractivity contribution in [2.45, 2.75) is 58.7 Å². The van der Waals surface area contributed by atoms with Gasteiger partial charge in [0.2, 0.25) is 5.91 Å². The topological polar surface area (TPSA) is 46.3 Å². The smallest absolute Gasteiger partial charge is 0.225 e. The predicted molar refractivity (Wildman–Crippen MR) is 77.8 cm³/mol. The van der Waals surface area contributed by atoms with Gasteiger partial charge in [-0.1, -0.05) is 29.3 Å². The van der Waals surface area contributed by atoms with Crippen molar-refractivity contribution in [3.05, 3.63) is 34.9 Å². The van der Waals surface area contributed by atoms with E-state index in [1.165, 1.54) is 11.1 Å². The first-order valence-electron chi connectivity index (χ1n) is 6.86. The molecule has 1 aromatic carbocycles. The molecule has 1 heterocycles. The number of nitrogens with two attached hydrogens (primary N) is 1. The zero-order valence-electron chi connectivity index (χ0n) is 12.5. The van der Waals surface area contributed by atoms with Crippen LogP contribution < -0.4 is 5.73 Å². The van der Waals surface area contributed by atoms with E-state index >= 15 is 0 Å². The maximum Gasteiger partial charge on any atom is 0.225 e. The van der Waals surface area contributed by atoms with Gasteiger partial charge in [-0.05, 0) is 40.2 Å². The summed E-state index contributed by atoms with van der Waals surface area (Å²) in [5, 5.41) is 0. The van der Waals surface area contributed by atoms with Crippen molar-refractivity contribution in [1.29, 1.82) is 0 Å². The van der Waals surface area contributed by atoms with Gasteiger partial charge in [0, 0.05) is 18.0 Å². The molecule has 2 N–H and O–H groups in total. The van der Waals surface area contributed by atoms with Crippen LogP contribution in [0.5, 0.6) is 0 Å². The van der Waals surface area contributed by atoms with Crippen LogP contribution in [0.25, 0.3) is 0 Å². The molecule has 0 aliphatic carbocycles. The van der Waals surface area contributed by atoms with Crippen molar-refractivity contribution in [1.82, 2.24) is 4.90 Å². The lowest BCUT2D eigenvalue weighted by atomic mass is 9.94. The standard InChI is InChI=1S/C16H24N2O/c1-10-6-11(2)8-12(7-10)15-13(17)9-14(19)18(15)16(3,4)5/h6-8,13,15H,9,17H2,1-5H3. The van der Waals surface area contributed by atoms with Crippen LogP contribution in [0.15, 0.2) is 18.2 Å². The Labute approximate surface area is 115 Å². The van der Waals surface area contributed by atoms with Crippen LogP contribution >= 0.6 is 0 Å². The second kappa shape index (κ2) is 4.64. The van der Waals surface area contributed by atoms with E-state index < -0.39 is 0 Å². The summed E-state index contributed by atoms with van der Waals surface area (Å²) in [4.78, 5) is 14.2. The minimum atomic E-state index is -0.201. The Kier molecular flexibility index (Phi) is 3.43. The molecule has 1 amide bonds. The van der Waals surface area contributed by atoms with Crippen LogP contribution in [0.2, 0.25) is 0 Å². The van der Waals surface area contributed by atoms with Gasteiger partial charge in [0.1, 0.15) is 0 Å². The molecule has 0 bridgehead atoms. The van der Waals surface area contributed by atoms with Gasteiger partial charge in [-0.3, -0.25) is 4.79 Å². The number of amides is 1. The van der Waals surface area contributed by atoms with Gasteiger partial charge in [-0.15, -0.1) is 0 Å². The fourth-order valence-corrected chi connectivity index (χ4v) is 3.13. The van der Waals surface area contributed by atoms with Crippen LogP contribution in [0.3, 0.4) is 0 Å². The molecule has 2 rings (SSSR count). The molecule has 0 saturated carbocycles. The number of rotatable bonds is 1. The molecule has 104 valence electrons. The summed E-state index contributed by atoms with van der Waals surface area (Å²) in [5.74, 6) is 0.157. The van der Waals surface area contributed by atoms with Crippen molar-refractivity contribution in [2.24, 2.45) is 5.73 Å². The summed E-state index contributed by atoms with van der Waals surface area (Å²) in [5.41, 5.74) is 9.62. The Hall–Kier alpha value is -1.35. The highest BCUT2D eigenvalue weighted by Gasteiger charge is 2.43. The molecular weight excluding hydrogens is 236 g/mol. The van der Waals surface area contributed by atoms with Crippen molar-refractivity contribution in [2.75, 3.05) is 0 Å². The number of nitrogens with zero attached hydrogens (tertiary/aromatic N) is 1. The second-order valence-electron chi connectivity index (χ2n) is 6.67. The average molecular weight is 260 g/mol. The highest BCUT2D eigenvalue weighted by atomic mass is 16.2. The Bertz CT molecular complexity index is 482. The zero-order valence-corrected chi connectivity index (χ0v) is 12.5. The maximum absolute atomic E-state index is 12.2. The Morgan fingerprint density at radius 2 is 1.68 bits per heavy atom. The van der Waals surface area contributed by atoms with E-state index in [1.54, 1.807) is 0 Å². The highest BCUT2D eigenvalue weighted by molar-refractivity contribution is 5.81. The van der Waals surface area contributed by atoms with Gasteiger partial charge in [0.15, 0.2) is 0 Å². The van der Waals surface area contributed by atoms with Gasteiger partial charge in [0.25, 0.3) is 0 Å². The molecule has 0 radical (unpaired) electrons. The van der Waals surface area contributed by atoms with Crippen LogP contribution in [0.4, 0.5) is 0 Å². The molecule has 1 saturated heterocycles. The number of likely N-dealkylation sites (tertiary alicyclic amines) is 1. The molecule has 0 spiro atoms. The molecule has 19 heavy (non-hydrogen) atoms. The van der Waals surface area contributed by atoms with Crippen LogP contribution in [0.1, 0.15) is 49.9 Å². The summed E-state index contributed by atoms with van der Waals surface area (Å²) in [6.07, 6.45) is 0.439. The van der Waals surface area contributed by atoms with E-state index in [2.05, 4.69) is 52.8 Å². The van der Waals surface area contributed by atoms with Crippen LogP contribution in [-0.2, 0) is 4.79 Å². The molecular formula is C16H24N2O. The van der Waals surface area contributed by atoms with Crippen LogP contribution in [0, 0.1) is 13.8 Å². The highest BCUT2D eigenvalue weighted by Crippen LogP contribution is 2.38. The molecule has 0 aromatic heterocycles. The van der Waals surface area contributed by atoms with E-state index in [4.69, 9.17) is 5.73 Å². The van der Waals surface area contributed by atoms with Gasteiger partial charge in [0.05, 0.1) is 6.04 Å². The monoisotopic (exact) mass is 260 g/mol. The molecule has 3 nitrogen and oxygen atoms in total. The molecule has 1 fully saturated rings. The summed E-state index contributed by atoms with van der Waals surface area (Å²) < 4.78 is 0. The lowest BCUT2D eigenvalue weighted by molar-refractivity contribution is -0.133. The summed E-state index contributed by atoms with van der Waals surface area (Å²) in [7, 11) is 0. The zero-order chi connectivity index (χ0) is 14.4. The molecule has 1 aromatic rings. The lowest BCUT2D eigenvalue weighted by Crippen LogP contribution is -2.45. The largest absolute Gasteiger partial charge is 0.329 e. The number of aryl methyl sites for hydroxylation is 2. The summed E-state index contributed by atoms with van der Waals surface area (Å²) in [6.45, 7) is 10.4. The van der Waals surface area contributed by atoms with Crippen LogP contribution in [-0.4, -0.2) is 22.4 Å². The minimum absolute atomic E-state index is 0.00824. The van der Waals surface area contributed by atoms with E-state index in [9.17, 15) is 4.79 Å². The van der Waals surface area contributed by atoms with E-state index in [0.29, 0.717) is 6.42 Å². The Morgan fingerprint density at radius 3 is 2.16 bits per heavy atom. The van der Waals surface area contributed by atoms with Crippen molar-refractivity contribution >= 4 is 5.91 Å². The first-order valence-corrected chi connectivity index (χ1v) is 6.86. The lowest BCUT2D eigenvalue weighted by Gasteiger charge is -2.38. The molecule has 1 aliphatic heterocycles. The SMILES string of the molecule is Cc1cc(C)cc(C2C(N)CC(=O)N2C(C)(C)C)c1. The average Bonchev–Trinajstić information content (AvgIpc) is 2.51. The first kappa shape index (κ1) is 14.1. The Morgan fingerprint density at radius 1 is 1.16 bits per heavy atom. The maximum atomic E-state index is 12.2. The van der Waals surface area contributed by atoms with E-state index in [1.807, 2.05) is 4.90 Å². The fraction of sp³-hybridized carbons (Fsp3) is 0.562. The molecule has 1 aliphatic rings. The van der Waals surface area contributed by atoms with Crippen molar-refractivity contribution in [3.8, 4) is 0 Å². The normalized spacial score (nSPS) is 24.1. The second-order valence-corrected chi connectivity index (χ2v) is 6.67. The third-order valence-electron chi connectivity index (χ3n) is 3.67. The number of benzene rings is 1. The summed E-state index contributed by atoms with van der Waals surface area (Å²) >= 11 is 0. The summed E-state index contributed by atoms with van der Waals surface area (Å²) in [6, 6.07) is 6.32. The number of carbonyl (C=O) groups excluding carboxylic acids is 1.